The molecule has 0 radical (unpaired) electrons. The predicted octanol–water partition coefficient (Wildman–Crippen LogP) is -0.274. The van der Waals surface area contributed by atoms with Crippen LogP contribution in [0.4, 0.5) is 0 Å². The topological polar surface area (TPSA) is 179 Å². The molecule has 1 aromatic rings. The van der Waals surface area contributed by atoms with Gasteiger partial charge >= 0.3 is 11.9 Å². The molecule has 1 aromatic carbocycles. The van der Waals surface area contributed by atoms with Gasteiger partial charge in [-0.1, -0.05) is 36.4 Å². The van der Waals surface area contributed by atoms with Gasteiger partial charge in [-0.25, -0.2) is 0 Å². The number of benzene rings is 1. The SMILES string of the molecule is N[C@@H](CCC(=O)N[C@@H](CS[C@@H]1C=Cc2ccccc2[C@H]1O)C(=O)NCC(=O)O)C(=O)O. The summed E-state index contributed by atoms with van der Waals surface area (Å²) in [6.45, 7) is -0.612. The average molecular weight is 452 g/mol. The summed E-state index contributed by atoms with van der Waals surface area (Å²) in [5, 5.41) is 32.5. The second kappa shape index (κ2) is 11.5. The lowest BCUT2D eigenvalue weighted by molar-refractivity contribution is -0.139. The number of amides is 2. The summed E-state index contributed by atoms with van der Waals surface area (Å²) in [7, 11) is 0. The summed E-state index contributed by atoms with van der Waals surface area (Å²) in [4.78, 5) is 46.1. The average Bonchev–Trinajstić information content (AvgIpc) is 2.74. The van der Waals surface area contributed by atoms with Gasteiger partial charge in [0.1, 0.15) is 18.6 Å². The lowest BCUT2D eigenvalue weighted by Crippen LogP contribution is -2.49. The van der Waals surface area contributed by atoms with E-state index in [4.69, 9.17) is 15.9 Å². The summed E-state index contributed by atoms with van der Waals surface area (Å²) in [6.07, 6.45) is 2.54. The predicted molar refractivity (Wildman–Crippen MR) is 114 cm³/mol. The largest absolute Gasteiger partial charge is 0.480 e. The van der Waals surface area contributed by atoms with Gasteiger partial charge in [-0.05, 0) is 17.5 Å². The minimum Gasteiger partial charge on any atom is -0.480 e. The first-order valence-electron chi connectivity index (χ1n) is 9.53. The molecule has 0 bridgehead atoms. The van der Waals surface area contributed by atoms with E-state index in [0.717, 1.165) is 11.1 Å². The lowest BCUT2D eigenvalue weighted by atomic mass is 9.95. The Morgan fingerprint density at radius 2 is 1.87 bits per heavy atom. The number of aliphatic hydroxyl groups excluding tert-OH is 1. The fraction of sp³-hybridized carbons (Fsp3) is 0.400. The van der Waals surface area contributed by atoms with Crippen LogP contribution < -0.4 is 16.4 Å². The quantitative estimate of drug-likeness (QED) is 0.264. The molecule has 10 nitrogen and oxygen atoms in total. The molecule has 1 aliphatic rings. The van der Waals surface area contributed by atoms with Gasteiger partial charge in [-0.15, -0.1) is 11.8 Å². The first-order chi connectivity index (χ1) is 14.7. The van der Waals surface area contributed by atoms with Crippen molar-refractivity contribution in [2.24, 2.45) is 5.73 Å². The van der Waals surface area contributed by atoms with Gasteiger partial charge in [0, 0.05) is 12.2 Å². The number of carbonyl (C=O) groups excluding carboxylic acids is 2. The van der Waals surface area contributed by atoms with Crippen LogP contribution in [-0.2, 0) is 19.2 Å². The standard InChI is InChI=1S/C20H25N3O7S/c21-13(20(29)30)6-8-16(24)23-14(19(28)22-9-17(25)26)10-31-15-7-5-11-3-1-2-4-12(11)18(15)27/h1-5,7,13-15,18,27H,6,8-10,21H2,(H,22,28)(H,23,24)(H,25,26)(H,29,30)/t13-,14-,15+,18+/m0/s1. The second-order valence-electron chi connectivity index (χ2n) is 6.95. The summed E-state index contributed by atoms with van der Waals surface area (Å²) < 4.78 is 0. The van der Waals surface area contributed by atoms with Crippen molar-refractivity contribution in [3.63, 3.8) is 0 Å². The van der Waals surface area contributed by atoms with Crippen LogP contribution in [0.3, 0.4) is 0 Å². The van der Waals surface area contributed by atoms with Crippen LogP contribution >= 0.6 is 11.8 Å². The molecule has 2 amide bonds. The van der Waals surface area contributed by atoms with Gasteiger partial charge < -0.3 is 31.7 Å². The highest BCUT2D eigenvalue weighted by Gasteiger charge is 2.28. The molecule has 7 N–H and O–H groups in total. The van der Waals surface area contributed by atoms with E-state index < -0.39 is 48.5 Å². The molecule has 0 spiro atoms. The fourth-order valence-electron chi connectivity index (χ4n) is 2.91. The molecular weight excluding hydrogens is 426 g/mol. The minimum absolute atomic E-state index is 0.0659. The van der Waals surface area contributed by atoms with Crippen molar-refractivity contribution < 1.29 is 34.5 Å². The second-order valence-corrected chi connectivity index (χ2v) is 8.16. The number of nitrogens with one attached hydrogen (secondary N) is 2. The third-order valence-corrected chi connectivity index (χ3v) is 5.94. The Morgan fingerprint density at radius 1 is 1.16 bits per heavy atom. The highest BCUT2D eigenvalue weighted by Crippen LogP contribution is 2.34. The van der Waals surface area contributed by atoms with E-state index in [0.29, 0.717) is 0 Å². The Balaban J connectivity index is 2.00. The van der Waals surface area contributed by atoms with Crippen molar-refractivity contribution in [1.82, 2.24) is 10.6 Å². The summed E-state index contributed by atoms with van der Waals surface area (Å²) in [5.74, 6) is -3.69. The van der Waals surface area contributed by atoms with Gasteiger partial charge in [0.25, 0.3) is 0 Å². The maximum absolute atomic E-state index is 12.4. The van der Waals surface area contributed by atoms with Crippen LogP contribution in [0, 0.1) is 0 Å². The molecule has 0 saturated heterocycles. The van der Waals surface area contributed by atoms with Crippen molar-refractivity contribution in [2.75, 3.05) is 12.3 Å². The summed E-state index contributed by atoms with van der Waals surface area (Å²) in [6, 6.07) is 5.07. The number of rotatable bonds is 11. The zero-order valence-corrected chi connectivity index (χ0v) is 17.4. The number of hydrogen-bond donors (Lipinski definition) is 6. The number of carboxylic acid groups (broad SMARTS) is 2. The highest BCUT2D eigenvalue weighted by molar-refractivity contribution is 8.00. The molecule has 0 unspecified atom stereocenters. The van der Waals surface area contributed by atoms with Crippen LogP contribution in [0.5, 0.6) is 0 Å². The van der Waals surface area contributed by atoms with Gasteiger partial charge in [0.05, 0.1) is 11.4 Å². The minimum atomic E-state index is -1.24. The third kappa shape index (κ3) is 7.39. The number of nitrogens with two attached hydrogens (primary N) is 1. The molecule has 0 fully saturated rings. The Bertz CT molecular complexity index is 861. The van der Waals surface area contributed by atoms with E-state index in [9.17, 15) is 24.3 Å². The maximum atomic E-state index is 12.4. The molecule has 2 rings (SSSR count). The zero-order chi connectivity index (χ0) is 23.0. The number of carbonyl (C=O) groups is 4. The molecule has 4 atom stereocenters. The fourth-order valence-corrected chi connectivity index (χ4v) is 4.08. The normalized spacial score (nSPS) is 19.0. The smallest absolute Gasteiger partial charge is 0.322 e. The Kier molecular flexibility index (Phi) is 9.03. The maximum Gasteiger partial charge on any atom is 0.322 e. The van der Waals surface area contributed by atoms with E-state index in [2.05, 4.69) is 10.6 Å². The number of aliphatic carboxylic acids is 2. The van der Waals surface area contributed by atoms with Crippen LogP contribution in [0.15, 0.2) is 30.3 Å². The van der Waals surface area contributed by atoms with Crippen molar-refractivity contribution in [3.8, 4) is 0 Å². The lowest BCUT2D eigenvalue weighted by Gasteiger charge is -2.27. The third-order valence-electron chi connectivity index (χ3n) is 4.61. The van der Waals surface area contributed by atoms with Gasteiger partial charge in [0.15, 0.2) is 0 Å². The van der Waals surface area contributed by atoms with Gasteiger partial charge in [-0.3, -0.25) is 19.2 Å². The van der Waals surface area contributed by atoms with Crippen LogP contribution in [-0.4, -0.2) is 68.7 Å². The molecule has 0 heterocycles. The first kappa shape index (κ1) is 24.4. The molecule has 0 aromatic heterocycles. The monoisotopic (exact) mass is 451 g/mol. The van der Waals surface area contributed by atoms with E-state index in [-0.39, 0.29) is 23.8 Å². The molecule has 31 heavy (non-hydrogen) atoms. The number of hydrogen-bond acceptors (Lipinski definition) is 7. The van der Waals surface area contributed by atoms with Crippen LogP contribution in [0.25, 0.3) is 6.08 Å². The van der Waals surface area contributed by atoms with E-state index >= 15 is 0 Å². The molecule has 0 saturated carbocycles. The Morgan fingerprint density at radius 3 is 2.55 bits per heavy atom. The molecular formula is C20H25N3O7S. The van der Waals surface area contributed by atoms with E-state index in [1.54, 1.807) is 6.08 Å². The molecule has 168 valence electrons. The zero-order valence-electron chi connectivity index (χ0n) is 16.6. The van der Waals surface area contributed by atoms with Crippen molar-refractivity contribution >= 4 is 41.6 Å². The Hall–Kier alpha value is -2.89. The summed E-state index contributed by atoms with van der Waals surface area (Å²) >= 11 is 1.23. The highest BCUT2D eigenvalue weighted by atomic mass is 32.2. The number of carboxylic acids is 2. The van der Waals surface area contributed by atoms with E-state index in [1.165, 1.54) is 11.8 Å². The van der Waals surface area contributed by atoms with Crippen LogP contribution in [0.1, 0.15) is 30.1 Å². The van der Waals surface area contributed by atoms with Gasteiger partial charge in [-0.2, -0.15) is 0 Å². The van der Waals surface area contributed by atoms with Crippen molar-refractivity contribution in [3.05, 3.63) is 41.5 Å². The number of fused-ring (bicyclic) bond motifs is 1. The Labute approximate surface area is 182 Å². The molecule has 11 heteroatoms. The summed E-state index contributed by atoms with van der Waals surface area (Å²) in [5.41, 5.74) is 7.03. The van der Waals surface area contributed by atoms with Gasteiger partial charge in [0.2, 0.25) is 11.8 Å². The van der Waals surface area contributed by atoms with Crippen molar-refractivity contribution in [1.29, 1.82) is 0 Å². The first-order valence-corrected chi connectivity index (χ1v) is 10.6. The van der Waals surface area contributed by atoms with E-state index in [1.807, 2.05) is 30.3 Å². The molecule has 0 aliphatic heterocycles. The number of aliphatic hydroxyl groups is 1. The molecule has 1 aliphatic carbocycles. The van der Waals surface area contributed by atoms with Crippen LogP contribution in [0.2, 0.25) is 0 Å². The van der Waals surface area contributed by atoms with Crippen molar-refractivity contribution in [2.45, 2.75) is 36.3 Å². The number of thioether (sulfide) groups is 1.